The maximum Gasteiger partial charge on any atom is 0.0791 e. The molecule has 2 N–H and O–H groups in total. The number of hydrogen-bond donors (Lipinski definition) is 2. The van der Waals surface area contributed by atoms with E-state index >= 15 is 0 Å². The van der Waals surface area contributed by atoms with Crippen molar-refractivity contribution in [2.45, 2.75) is 50.8 Å². The summed E-state index contributed by atoms with van der Waals surface area (Å²) in [6.07, 6.45) is 4.88. The summed E-state index contributed by atoms with van der Waals surface area (Å²) in [6.45, 7) is 7.00. The van der Waals surface area contributed by atoms with Gasteiger partial charge in [0, 0.05) is 31.7 Å². The molecule has 4 heteroatoms. The average Bonchev–Trinajstić information content (AvgIpc) is 2.58. The molecule has 0 radical (unpaired) electrons. The molecule has 0 aromatic rings. The fourth-order valence-corrected chi connectivity index (χ4v) is 3.35. The molecule has 0 saturated carbocycles. The van der Waals surface area contributed by atoms with Crippen molar-refractivity contribution in [3.05, 3.63) is 0 Å². The van der Waals surface area contributed by atoms with Crippen molar-refractivity contribution in [2.24, 2.45) is 0 Å². The van der Waals surface area contributed by atoms with Crippen LogP contribution in [0.2, 0.25) is 0 Å². The van der Waals surface area contributed by atoms with E-state index in [0.717, 1.165) is 45.2 Å². The molecule has 106 valence electrons. The summed E-state index contributed by atoms with van der Waals surface area (Å²) in [5, 5.41) is 13.3. The Kier molecular flexibility index (Phi) is 5.42. The van der Waals surface area contributed by atoms with Crippen LogP contribution in [-0.4, -0.2) is 72.9 Å². The fraction of sp³-hybridized carbons (Fsp3) is 1.00. The van der Waals surface area contributed by atoms with Crippen LogP contribution in [0, 0.1) is 0 Å². The Morgan fingerprint density at radius 1 is 1.28 bits per heavy atom. The van der Waals surface area contributed by atoms with Gasteiger partial charge in [-0.1, -0.05) is 6.92 Å². The van der Waals surface area contributed by atoms with Crippen LogP contribution in [0.5, 0.6) is 0 Å². The molecule has 2 heterocycles. The number of aliphatic hydroxyl groups is 1. The van der Waals surface area contributed by atoms with Crippen LogP contribution in [0.3, 0.4) is 0 Å². The lowest BCUT2D eigenvalue weighted by Crippen LogP contribution is -2.42. The quantitative estimate of drug-likeness (QED) is 0.679. The van der Waals surface area contributed by atoms with E-state index in [4.69, 9.17) is 0 Å². The number of likely N-dealkylation sites (N-methyl/N-ethyl adjacent to an activating group) is 1. The maximum absolute atomic E-state index is 10.0. The molecule has 3 atom stereocenters. The summed E-state index contributed by atoms with van der Waals surface area (Å²) in [6, 6.07) is 1.50. The number of nitrogens with zero attached hydrogens (tertiary/aromatic N) is 2. The minimum atomic E-state index is -0.224. The first-order valence-electron chi connectivity index (χ1n) is 7.53. The first kappa shape index (κ1) is 14.3. The highest BCUT2D eigenvalue weighted by Crippen LogP contribution is 2.28. The van der Waals surface area contributed by atoms with Crippen LogP contribution in [0.25, 0.3) is 0 Å². The third-order valence-electron chi connectivity index (χ3n) is 4.51. The van der Waals surface area contributed by atoms with Gasteiger partial charge < -0.3 is 10.4 Å². The standard InChI is InChI=1S/C14H29N3O/c1-3-7-15-9-14(18)11-17-8-6-12-4-5-13(10-17)16(12)2/h12-15,18H,3-11H2,1-2H3. The molecule has 2 rings (SSSR count). The molecule has 2 bridgehead atoms. The van der Waals surface area contributed by atoms with E-state index in [1.165, 1.54) is 19.3 Å². The second-order valence-corrected chi connectivity index (χ2v) is 5.96. The van der Waals surface area contributed by atoms with Gasteiger partial charge in [0.05, 0.1) is 6.10 Å². The lowest BCUT2D eigenvalue weighted by Gasteiger charge is -2.27. The summed E-state index contributed by atoms with van der Waals surface area (Å²) in [4.78, 5) is 5.01. The number of likely N-dealkylation sites (tertiary alicyclic amines) is 1. The van der Waals surface area contributed by atoms with Gasteiger partial charge in [0.15, 0.2) is 0 Å². The van der Waals surface area contributed by atoms with Crippen molar-refractivity contribution in [1.82, 2.24) is 15.1 Å². The Morgan fingerprint density at radius 3 is 2.83 bits per heavy atom. The number of β-amino-alcohol motifs (C(OH)–C–C–N with tert-alkyl or cyclic N) is 1. The average molecular weight is 255 g/mol. The SMILES string of the molecule is CCCNCC(O)CN1CCC2CCC(C1)N2C. The van der Waals surface area contributed by atoms with E-state index in [1.807, 2.05) is 0 Å². The molecule has 2 saturated heterocycles. The van der Waals surface area contributed by atoms with Gasteiger partial charge in [0.1, 0.15) is 0 Å². The first-order valence-corrected chi connectivity index (χ1v) is 7.53. The van der Waals surface area contributed by atoms with Gasteiger partial charge in [-0.25, -0.2) is 0 Å². The van der Waals surface area contributed by atoms with E-state index in [9.17, 15) is 5.11 Å². The van der Waals surface area contributed by atoms with Crippen molar-refractivity contribution in [1.29, 1.82) is 0 Å². The number of nitrogens with one attached hydrogen (secondary N) is 1. The Balaban J connectivity index is 1.73. The van der Waals surface area contributed by atoms with Crippen molar-refractivity contribution in [3.63, 3.8) is 0 Å². The van der Waals surface area contributed by atoms with Gasteiger partial charge in [-0.15, -0.1) is 0 Å². The molecule has 0 spiro atoms. The summed E-state index contributed by atoms with van der Waals surface area (Å²) >= 11 is 0. The maximum atomic E-state index is 10.0. The molecule has 4 nitrogen and oxygen atoms in total. The third-order valence-corrected chi connectivity index (χ3v) is 4.51. The van der Waals surface area contributed by atoms with E-state index < -0.39 is 0 Å². The number of fused-ring (bicyclic) bond motifs is 2. The zero-order valence-electron chi connectivity index (χ0n) is 11.9. The van der Waals surface area contributed by atoms with Gasteiger partial charge in [0.25, 0.3) is 0 Å². The second kappa shape index (κ2) is 6.85. The molecule has 2 aliphatic rings. The Hall–Kier alpha value is -0.160. The van der Waals surface area contributed by atoms with Crippen LogP contribution >= 0.6 is 0 Å². The van der Waals surface area contributed by atoms with Crippen LogP contribution in [0.15, 0.2) is 0 Å². The molecule has 0 amide bonds. The summed E-state index contributed by atoms with van der Waals surface area (Å²) in [7, 11) is 2.27. The zero-order valence-corrected chi connectivity index (χ0v) is 11.9. The third kappa shape index (κ3) is 3.67. The highest BCUT2D eigenvalue weighted by Gasteiger charge is 2.34. The van der Waals surface area contributed by atoms with Crippen molar-refractivity contribution >= 4 is 0 Å². The Bertz CT molecular complexity index is 249. The molecule has 0 aliphatic carbocycles. The lowest BCUT2D eigenvalue weighted by atomic mass is 10.1. The molecular formula is C14H29N3O. The number of aliphatic hydroxyl groups excluding tert-OH is 1. The molecule has 18 heavy (non-hydrogen) atoms. The molecule has 0 aromatic carbocycles. The van der Waals surface area contributed by atoms with E-state index in [0.29, 0.717) is 6.04 Å². The molecule has 3 unspecified atom stereocenters. The van der Waals surface area contributed by atoms with E-state index in [1.54, 1.807) is 0 Å². The van der Waals surface area contributed by atoms with Crippen LogP contribution in [-0.2, 0) is 0 Å². The predicted octanol–water partition coefficient (Wildman–Crippen LogP) is 0.515. The van der Waals surface area contributed by atoms with Gasteiger partial charge in [-0.2, -0.15) is 0 Å². The predicted molar refractivity (Wildman–Crippen MR) is 74.8 cm³/mol. The number of hydrogen-bond acceptors (Lipinski definition) is 4. The summed E-state index contributed by atoms with van der Waals surface area (Å²) < 4.78 is 0. The highest BCUT2D eigenvalue weighted by molar-refractivity contribution is 4.91. The summed E-state index contributed by atoms with van der Waals surface area (Å²) in [5.41, 5.74) is 0. The van der Waals surface area contributed by atoms with E-state index in [2.05, 4.69) is 29.1 Å². The zero-order chi connectivity index (χ0) is 13.0. The van der Waals surface area contributed by atoms with Gasteiger partial charge >= 0.3 is 0 Å². The monoisotopic (exact) mass is 255 g/mol. The fourth-order valence-electron chi connectivity index (χ4n) is 3.35. The highest BCUT2D eigenvalue weighted by atomic mass is 16.3. The molecule has 2 aliphatic heterocycles. The molecule has 0 aromatic heterocycles. The lowest BCUT2D eigenvalue weighted by molar-refractivity contribution is 0.105. The van der Waals surface area contributed by atoms with Crippen LogP contribution in [0.1, 0.15) is 32.6 Å². The van der Waals surface area contributed by atoms with Gasteiger partial charge in [-0.3, -0.25) is 9.80 Å². The number of rotatable bonds is 6. The van der Waals surface area contributed by atoms with E-state index in [-0.39, 0.29) is 6.10 Å². The Morgan fingerprint density at radius 2 is 2.06 bits per heavy atom. The molecular weight excluding hydrogens is 226 g/mol. The van der Waals surface area contributed by atoms with Crippen LogP contribution in [0.4, 0.5) is 0 Å². The largest absolute Gasteiger partial charge is 0.390 e. The summed E-state index contributed by atoms with van der Waals surface area (Å²) in [5.74, 6) is 0. The van der Waals surface area contributed by atoms with Crippen molar-refractivity contribution < 1.29 is 5.11 Å². The topological polar surface area (TPSA) is 38.7 Å². The van der Waals surface area contributed by atoms with Gasteiger partial charge in [-0.05, 0) is 45.8 Å². The normalized spacial score (nSPS) is 31.5. The van der Waals surface area contributed by atoms with Crippen LogP contribution < -0.4 is 5.32 Å². The first-order chi connectivity index (χ1) is 8.70. The van der Waals surface area contributed by atoms with Crippen molar-refractivity contribution in [2.75, 3.05) is 39.8 Å². The van der Waals surface area contributed by atoms with Crippen molar-refractivity contribution in [3.8, 4) is 0 Å². The minimum absolute atomic E-state index is 0.224. The Labute approximate surface area is 111 Å². The smallest absolute Gasteiger partial charge is 0.0791 e. The molecule has 2 fully saturated rings. The second-order valence-electron chi connectivity index (χ2n) is 5.96. The van der Waals surface area contributed by atoms with Gasteiger partial charge in [0.2, 0.25) is 0 Å². The minimum Gasteiger partial charge on any atom is -0.390 e.